The summed E-state index contributed by atoms with van der Waals surface area (Å²) in [4.78, 5) is 17.0. The van der Waals surface area contributed by atoms with Crippen LogP contribution in [0.4, 0.5) is 0 Å². The van der Waals surface area contributed by atoms with E-state index < -0.39 is 16.1 Å². The van der Waals surface area contributed by atoms with E-state index in [1.165, 1.54) is 12.4 Å². The van der Waals surface area contributed by atoms with E-state index in [9.17, 15) is 13.2 Å². The number of pyridine rings is 1. The lowest BCUT2D eigenvalue weighted by Crippen LogP contribution is -2.28. The lowest BCUT2D eigenvalue weighted by molar-refractivity contribution is 0.560. The maximum atomic E-state index is 12.0. The average molecular weight is 269 g/mol. The molecule has 0 fully saturated rings. The van der Waals surface area contributed by atoms with Gasteiger partial charge >= 0.3 is 0 Å². The van der Waals surface area contributed by atoms with E-state index in [1.54, 1.807) is 6.92 Å². The molecule has 0 saturated carbocycles. The first-order valence-electron chi connectivity index (χ1n) is 5.05. The SMILES string of the molecule is CC(NS(=O)(=O)c1ccc(=O)[nH]c1)c1ncn[nH]1. The van der Waals surface area contributed by atoms with Crippen molar-refractivity contribution in [2.75, 3.05) is 0 Å². The van der Waals surface area contributed by atoms with Crippen LogP contribution in [0, 0.1) is 0 Å². The summed E-state index contributed by atoms with van der Waals surface area (Å²) < 4.78 is 26.3. The molecule has 96 valence electrons. The second-order valence-corrected chi connectivity index (χ2v) is 5.32. The van der Waals surface area contributed by atoms with E-state index in [2.05, 4.69) is 24.9 Å². The minimum absolute atomic E-state index is 0.0199. The largest absolute Gasteiger partial charge is 0.328 e. The predicted molar refractivity (Wildman–Crippen MR) is 62.2 cm³/mol. The molecular formula is C9H11N5O3S. The minimum atomic E-state index is -3.71. The molecule has 9 heteroatoms. The number of hydrogen-bond acceptors (Lipinski definition) is 5. The molecule has 3 N–H and O–H groups in total. The normalized spacial score (nSPS) is 13.4. The van der Waals surface area contributed by atoms with Crippen LogP contribution in [0.1, 0.15) is 18.8 Å². The maximum absolute atomic E-state index is 12.0. The zero-order valence-electron chi connectivity index (χ0n) is 9.41. The van der Waals surface area contributed by atoms with Crippen molar-refractivity contribution in [1.82, 2.24) is 24.9 Å². The maximum Gasteiger partial charge on any atom is 0.247 e. The molecule has 0 amide bonds. The number of nitrogens with zero attached hydrogens (tertiary/aromatic N) is 2. The van der Waals surface area contributed by atoms with Crippen LogP contribution >= 0.6 is 0 Å². The summed E-state index contributed by atoms with van der Waals surface area (Å²) in [5, 5.41) is 6.21. The third-order valence-corrected chi connectivity index (χ3v) is 3.78. The lowest BCUT2D eigenvalue weighted by atomic mass is 10.3. The Morgan fingerprint density at radius 3 is 2.72 bits per heavy atom. The van der Waals surface area contributed by atoms with E-state index >= 15 is 0 Å². The Balaban J connectivity index is 2.22. The monoisotopic (exact) mass is 269 g/mol. The Kier molecular flexibility index (Phi) is 3.26. The molecule has 0 aliphatic carbocycles. The summed E-state index contributed by atoms with van der Waals surface area (Å²) in [5.74, 6) is 0.406. The van der Waals surface area contributed by atoms with Crippen molar-refractivity contribution in [1.29, 1.82) is 0 Å². The molecule has 8 nitrogen and oxygen atoms in total. The van der Waals surface area contributed by atoms with Gasteiger partial charge in [-0.15, -0.1) is 0 Å². The second kappa shape index (κ2) is 4.70. The number of rotatable bonds is 4. The van der Waals surface area contributed by atoms with E-state index in [-0.39, 0.29) is 10.5 Å². The molecule has 0 spiro atoms. The van der Waals surface area contributed by atoms with Gasteiger partial charge < -0.3 is 4.98 Å². The van der Waals surface area contributed by atoms with Gasteiger partial charge in [-0.2, -0.15) is 5.10 Å². The number of H-pyrrole nitrogens is 2. The highest BCUT2D eigenvalue weighted by Gasteiger charge is 2.19. The van der Waals surface area contributed by atoms with Gasteiger partial charge in [-0.25, -0.2) is 18.1 Å². The van der Waals surface area contributed by atoms with Gasteiger partial charge in [0.05, 0.1) is 10.9 Å². The topological polar surface area (TPSA) is 121 Å². The number of nitrogens with one attached hydrogen (secondary N) is 3. The highest BCUT2D eigenvalue weighted by atomic mass is 32.2. The smallest absolute Gasteiger partial charge is 0.247 e. The molecule has 0 saturated heterocycles. The lowest BCUT2D eigenvalue weighted by Gasteiger charge is -2.11. The van der Waals surface area contributed by atoms with Crippen LogP contribution in [0.15, 0.2) is 34.3 Å². The molecule has 18 heavy (non-hydrogen) atoms. The molecule has 0 radical (unpaired) electrons. The van der Waals surface area contributed by atoms with Gasteiger partial charge in [0.2, 0.25) is 15.6 Å². The summed E-state index contributed by atoms with van der Waals surface area (Å²) in [6.07, 6.45) is 2.43. The summed E-state index contributed by atoms with van der Waals surface area (Å²) in [6, 6.07) is 1.83. The highest BCUT2D eigenvalue weighted by Crippen LogP contribution is 2.11. The van der Waals surface area contributed by atoms with Crippen molar-refractivity contribution in [3.05, 3.63) is 40.8 Å². The fraction of sp³-hybridized carbons (Fsp3) is 0.222. The highest BCUT2D eigenvalue weighted by molar-refractivity contribution is 7.89. The first-order valence-corrected chi connectivity index (χ1v) is 6.54. The summed E-state index contributed by atoms with van der Waals surface area (Å²) >= 11 is 0. The third-order valence-electron chi connectivity index (χ3n) is 2.24. The van der Waals surface area contributed by atoms with Gasteiger partial charge in [-0.3, -0.25) is 9.89 Å². The summed E-state index contributed by atoms with van der Waals surface area (Å²) in [5.41, 5.74) is -0.364. The number of aromatic nitrogens is 4. The van der Waals surface area contributed by atoms with Gasteiger partial charge in [0.1, 0.15) is 12.2 Å². The molecule has 0 bridgehead atoms. The number of aromatic amines is 2. The van der Waals surface area contributed by atoms with E-state index in [0.29, 0.717) is 5.82 Å². The van der Waals surface area contributed by atoms with Crippen LogP contribution < -0.4 is 10.3 Å². The Morgan fingerprint density at radius 2 is 2.17 bits per heavy atom. The van der Waals surface area contributed by atoms with E-state index in [0.717, 1.165) is 12.3 Å². The van der Waals surface area contributed by atoms with E-state index in [1.807, 2.05) is 0 Å². The minimum Gasteiger partial charge on any atom is -0.328 e. The van der Waals surface area contributed by atoms with Crippen LogP contribution in [0.3, 0.4) is 0 Å². The van der Waals surface area contributed by atoms with Crippen LogP contribution in [-0.4, -0.2) is 28.6 Å². The van der Waals surface area contributed by atoms with Crippen LogP contribution in [0.2, 0.25) is 0 Å². The summed E-state index contributed by atoms with van der Waals surface area (Å²) in [7, 11) is -3.71. The third kappa shape index (κ3) is 2.63. The fourth-order valence-electron chi connectivity index (χ4n) is 1.34. The molecule has 2 aromatic rings. The molecule has 0 aliphatic heterocycles. The Bertz CT molecular complexity index is 656. The van der Waals surface area contributed by atoms with Crippen molar-refractivity contribution < 1.29 is 8.42 Å². The zero-order chi connectivity index (χ0) is 13.2. The van der Waals surface area contributed by atoms with Crippen LogP contribution in [0.5, 0.6) is 0 Å². The number of sulfonamides is 1. The van der Waals surface area contributed by atoms with Gasteiger partial charge in [0.15, 0.2) is 0 Å². The van der Waals surface area contributed by atoms with Crippen LogP contribution in [0.25, 0.3) is 0 Å². The molecule has 2 aromatic heterocycles. The average Bonchev–Trinajstić information content (AvgIpc) is 2.82. The zero-order valence-corrected chi connectivity index (χ0v) is 10.2. The van der Waals surface area contributed by atoms with Gasteiger partial charge in [0.25, 0.3) is 0 Å². The first-order chi connectivity index (χ1) is 8.49. The first kappa shape index (κ1) is 12.5. The molecule has 1 unspecified atom stereocenters. The quantitative estimate of drug-likeness (QED) is 0.693. The van der Waals surface area contributed by atoms with E-state index in [4.69, 9.17) is 0 Å². The standard InChI is InChI=1S/C9H11N5O3S/c1-6(9-11-5-12-13-9)14-18(16,17)7-2-3-8(15)10-4-7/h2-6,14H,1H3,(H,10,15)(H,11,12,13). The molecular weight excluding hydrogens is 258 g/mol. The summed E-state index contributed by atoms with van der Waals surface area (Å²) in [6.45, 7) is 1.63. The predicted octanol–water partition coefficient (Wildman–Crippen LogP) is -0.468. The fourth-order valence-corrected chi connectivity index (χ4v) is 2.52. The molecule has 1 atom stereocenters. The van der Waals surface area contributed by atoms with Gasteiger partial charge in [0, 0.05) is 12.3 Å². The molecule has 0 aromatic carbocycles. The molecule has 2 rings (SSSR count). The Hall–Kier alpha value is -2.00. The number of hydrogen-bond donors (Lipinski definition) is 3. The van der Waals surface area contributed by atoms with Crippen molar-refractivity contribution in [3.63, 3.8) is 0 Å². The van der Waals surface area contributed by atoms with Crippen LogP contribution in [-0.2, 0) is 10.0 Å². The Labute approximate surface area is 103 Å². The van der Waals surface area contributed by atoms with Crippen molar-refractivity contribution in [3.8, 4) is 0 Å². The Morgan fingerprint density at radius 1 is 1.39 bits per heavy atom. The van der Waals surface area contributed by atoms with Crippen molar-refractivity contribution >= 4 is 10.0 Å². The second-order valence-electron chi connectivity index (χ2n) is 3.60. The van der Waals surface area contributed by atoms with Gasteiger partial charge in [-0.1, -0.05) is 0 Å². The van der Waals surface area contributed by atoms with Crippen molar-refractivity contribution in [2.24, 2.45) is 0 Å². The van der Waals surface area contributed by atoms with Gasteiger partial charge in [-0.05, 0) is 13.0 Å². The molecule has 2 heterocycles. The molecule has 0 aliphatic rings. The van der Waals surface area contributed by atoms with Crippen molar-refractivity contribution in [2.45, 2.75) is 17.9 Å².